The van der Waals surface area contributed by atoms with Crippen LogP contribution in [0.25, 0.3) is 11.5 Å². The van der Waals surface area contributed by atoms with Crippen molar-refractivity contribution in [2.75, 3.05) is 0 Å². The van der Waals surface area contributed by atoms with Gasteiger partial charge in [-0.05, 0) is 26.0 Å². The lowest BCUT2D eigenvalue weighted by atomic mass is 10.1. The van der Waals surface area contributed by atoms with Crippen LogP contribution in [0.4, 0.5) is 0 Å². The monoisotopic (exact) mass is 216 g/mol. The fourth-order valence-corrected chi connectivity index (χ4v) is 1.56. The number of hydrogen-bond acceptors (Lipinski definition) is 3. The van der Waals surface area contributed by atoms with Crippen molar-refractivity contribution in [1.82, 2.24) is 4.98 Å². The average Bonchev–Trinajstić information content (AvgIpc) is 2.66. The van der Waals surface area contributed by atoms with E-state index in [-0.39, 0.29) is 6.04 Å². The molecule has 1 atom stereocenters. The third-order valence-corrected chi connectivity index (χ3v) is 2.38. The molecule has 0 aliphatic rings. The molecule has 84 valence electrons. The lowest BCUT2D eigenvalue weighted by Gasteiger charge is -1.98. The molecular weight excluding hydrogens is 200 g/mol. The minimum absolute atomic E-state index is 0.107. The van der Waals surface area contributed by atoms with Gasteiger partial charge in [0.2, 0.25) is 5.89 Å². The molecule has 0 amide bonds. The Morgan fingerprint density at radius 2 is 2.00 bits per heavy atom. The van der Waals surface area contributed by atoms with E-state index in [4.69, 9.17) is 10.2 Å². The Morgan fingerprint density at radius 3 is 2.62 bits per heavy atom. The van der Waals surface area contributed by atoms with Crippen molar-refractivity contribution in [3.8, 4) is 11.5 Å². The SMILES string of the molecule is Cc1ccc(-c2nc(CC(C)N)co2)cc1. The van der Waals surface area contributed by atoms with Gasteiger partial charge in [0, 0.05) is 18.0 Å². The van der Waals surface area contributed by atoms with Crippen molar-refractivity contribution in [3.05, 3.63) is 41.8 Å². The Kier molecular flexibility index (Phi) is 3.06. The van der Waals surface area contributed by atoms with Gasteiger partial charge in [-0.1, -0.05) is 17.7 Å². The second-order valence-electron chi connectivity index (χ2n) is 4.19. The number of aromatic nitrogens is 1. The van der Waals surface area contributed by atoms with E-state index in [0.29, 0.717) is 5.89 Å². The Morgan fingerprint density at radius 1 is 1.31 bits per heavy atom. The van der Waals surface area contributed by atoms with Gasteiger partial charge in [0.25, 0.3) is 0 Å². The molecule has 0 saturated carbocycles. The number of aryl methyl sites for hydroxylation is 1. The third kappa shape index (κ3) is 2.49. The minimum atomic E-state index is 0.107. The minimum Gasteiger partial charge on any atom is -0.444 e. The van der Waals surface area contributed by atoms with Crippen molar-refractivity contribution in [2.45, 2.75) is 26.3 Å². The summed E-state index contributed by atoms with van der Waals surface area (Å²) in [6.45, 7) is 4.01. The molecule has 0 saturated heterocycles. The maximum atomic E-state index is 5.71. The van der Waals surface area contributed by atoms with Gasteiger partial charge in [0.05, 0.1) is 5.69 Å². The lowest BCUT2D eigenvalue weighted by molar-refractivity contribution is 0.571. The van der Waals surface area contributed by atoms with Gasteiger partial charge in [-0.3, -0.25) is 0 Å². The number of oxazole rings is 1. The van der Waals surface area contributed by atoms with E-state index in [0.717, 1.165) is 17.7 Å². The summed E-state index contributed by atoms with van der Waals surface area (Å²) in [5, 5.41) is 0. The molecule has 2 aromatic rings. The van der Waals surface area contributed by atoms with Crippen LogP contribution in [-0.4, -0.2) is 11.0 Å². The molecule has 0 radical (unpaired) electrons. The first-order valence-corrected chi connectivity index (χ1v) is 5.42. The Bertz CT molecular complexity index is 457. The molecular formula is C13H16N2O. The topological polar surface area (TPSA) is 52.0 Å². The molecule has 2 N–H and O–H groups in total. The van der Waals surface area contributed by atoms with Gasteiger partial charge < -0.3 is 10.2 Å². The number of nitrogens with zero attached hydrogens (tertiary/aromatic N) is 1. The molecule has 0 aliphatic heterocycles. The summed E-state index contributed by atoms with van der Waals surface area (Å²) in [5.41, 5.74) is 8.85. The first-order valence-electron chi connectivity index (χ1n) is 5.42. The van der Waals surface area contributed by atoms with Gasteiger partial charge in [0.15, 0.2) is 0 Å². The summed E-state index contributed by atoms with van der Waals surface area (Å²) in [6, 6.07) is 8.22. The van der Waals surface area contributed by atoms with Crippen LogP contribution >= 0.6 is 0 Å². The van der Waals surface area contributed by atoms with E-state index in [9.17, 15) is 0 Å². The predicted octanol–water partition coefficient (Wildman–Crippen LogP) is 2.54. The second kappa shape index (κ2) is 4.49. The van der Waals surface area contributed by atoms with Crippen molar-refractivity contribution >= 4 is 0 Å². The maximum Gasteiger partial charge on any atom is 0.226 e. The molecule has 0 fully saturated rings. The Hall–Kier alpha value is -1.61. The van der Waals surface area contributed by atoms with E-state index in [2.05, 4.69) is 11.9 Å². The average molecular weight is 216 g/mol. The van der Waals surface area contributed by atoms with Crippen LogP contribution in [0.2, 0.25) is 0 Å². The highest BCUT2D eigenvalue weighted by Gasteiger charge is 2.07. The quantitative estimate of drug-likeness (QED) is 0.857. The predicted molar refractivity (Wildman–Crippen MR) is 64.0 cm³/mol. The highest BCUT2D eigenvalue weighted by molar-refractivity contribution is 5.53. The molecule has 16 heavy (non-hydrogen) atoms. The molecule has 3 heteroatoms. The third-order valence-electron chi connectivity index (χ3n) is 2.38. The summed E-state index contributed by atoms with van der Waals surface area (Å²) in [5.74, 6) is 0.663. The van der Waals surface area contributed by atoms with Crippen LogP contribution < -0.4 is 5.73 Å². The molecule has 1 unspecified atom stereocenters. The van der Waals surface area contributed by atoms with Crippen LogP contribution in [0.5, 0.6) is 0 Å². The van der Waals surface area contributed by atoms with Crippen LogP contribution in [0.15, 0.2) is 34.9 Å². The van der Waals surface area contributed by atoms with Crippen molar-refractivity contribution in [1.29, 1.82) is 0 Å². The van der Waals surface area contributed by atoms with Gasteiger partial charge in [-0.2, -0.15) is 0 Å². The molecule has 1 aromatic heterocycles. The van der Waals surface area contributed by atoms with E-state index in [1.54, 1.807) is 6.26 Å². The summed E-state index contributed by atoms with van der Waals surface area (Å²) in [7, 11) is 0. The summed E-state index contributed by atoms with van der Waals surface area (Å²) < 4.78 is 5.42. The molecule has 1 heterocycles. The van der Waals surface area contributed by atoms with Crippen LogP contribution in [0, 0.1) is 6.92 Å². The Balaban J connectivity index is 2.21. The van der Waals surface area contributed by atoms with Crippen LogP contribution in [-0.2, 0) is 6.42 Å². The fraction of sp³-hybridized carbons (Fsp3) is 0.308. The van der Waals surface area contributed by atoms with Crippen LogP contribution in [0.1, 0.15) is 18.2 Å². The summed E-state index contributed by atoms with van der Waals surface area (Å²) >= 11 is 0. The van der Waals surface area contributed by atoms with E-state index in [1.165, 1.54) is 5.56 Å². The van der Waals surface area contributed by atoms with Gasteiger partial charge in [-0.25, -0.2) is 4.98 Å². The Labute approximate surface area is 95.3 Å². The van der Waals surface area contributed by atoms with Crippen molar-refractivity contribution < 1.29 is 4.42 Å². The zero-order chi connectivity index (χ0) is 11.5. The van der Waals surface area contributed by atoms with E-state index >= 15 is 0 Å². The summed E-state index contributed by atoms with van der Waals surface area (Å²) in [6.07, 6.45) is 2.42. The second-order valence-corrected chi connectivity index (χ2v) is 4.19. The number of hydrogen-bond donors (Lipinski definition) is 1. The standard InChI is InChI=1S/C13H16N2O/c1-9-3-5-11(6-4-9)13-15-12(8-16-13)7-10(2)14/h3-6,8,10H,7,14H2,1-2H3. The summed E-state index contributed by atoms with van der Waals surface area (Å²) in [4.78, 5) is 4.40. The van der Waals surface area contributed by atoms with Gasteiger partial charge in [0.1, 0.15) is 6.26 Å². The van der Waals surface area contributed by atoms with Gasteiger partial charge >= 0.3 is 0 Å². The number of benzene rings is 1. The zero-order valence-electron chi connectivity index (χ0n) is 9.60. The number of nitrogens with two attached hydrogens (primary N) is 1. The molecule has 0 aliphatic carbocycles. The highest BCUT2D eigenvalue weighted by Crippen LogP contribution is 2.19. The van der Waals surface area contributed by atoms with E-state index in [1.807, 2.05) is 31.2 Å². The van der Waals surface area contributed by atoms with Crippen molar-refractivity contribution in [2.24, 2.45) is 5.73 Å². The van der Waals surface area contributed by atoms with Gasteiger partial charge in [-0.15, -0.1) is 0 Å². The lowest BCUT2D eigenvalue weighted by Crippen LogP contribution is -2.17. The molecule has 1 aromatic carbocycles. The molecule has 2 rings (SSSR count). The first-order chi connectivity index (χ1) is 7.65. The highest BCUT2D eigenvalue weighted by atomic mass is 16.3. The zero-order valence-corrected chi connectivity index (χ0v) is 9.60. The molecule has 0 bridgehead atoms. The first kappa shape index (κ1) is 10.9. The molecule has 0 spiro atoms. The molecule has 3 nitrogen and oxygen atoms in total. The van der Waals surface area contributed by atoms with Crippen molar-refractivity contribution in [3.63, 3.8) is 0 Å². The van der Waals surface area contributed by atoms with E-state index < -0.39 is 0 Å². The smallest absolute Gasteiger partial charge is 0.226 e. The largest absolute Gasteiger partial charge is 0.444 e. The maximum absolute atomic E-state index is 5.71. The van der Waals surface area contributed by atoms with Crippen LogP contribution in [0.3, 0.4) is 0 Å². The number of rotatable bonds is 3. The normalized spacial score (nSPS) is 12.7. The fourth-order valence-electron chi connectivity index (χ4n) is 1.56.